The first kappa shape index (κ1) is 11.4. The van der Waals surface area contributed by atoms with Crippen molar-refractivity contribution in [2.75, 3.05) is 0 Å². The summed E-state index contributed by atoms with van der Waals surface area (Å²) in [5.41, 5.74) is 2.79. The van der Waals surface area contributed by atoms with Gasteiger partial charge in [-0.25, -0.2) is 9.13 Å². The second-order valence-electron chi connectivity index (χ2n) is 1.56. The van der Waals surface area contributed by atoms with E-state index in [2.05, 4.69) is 0 Å². The molecule has 0 rings (SSSR count). The lowest BCUT2D eigenvalue weighted by atomic mass is 10.7. The third kappa shape index (κ3) is 9.42. The highest BCUT2D eigenvalue weighted by Crippen LogP contribution is 2.32. The third-order valence-corrected chi connectivity index (χ3v) is 1.27. The molecule has 0 spiro atoms. The fraction of sp³-hybridized carbons (Fsp3) is 0. The molecule has 66 valence electrons. The van der Waals surface area contributed by atoms with E-state index < -0.39 is 15.2 Å². The average molecular weight is 210 g/mol. The summed E-state index contributed by atoms with van der Waals surface area (Å²) in [6, 6.07) is 0. The van der Waals surface area contributed by atoms with Crippen LogP contribution in [0, 0.1) is 23.2 Å². The van der Waals surface area contributed by atoms with Gasteiger partial charge in [-0.2, -0.15) is 0 Å². The first-order valence-corrected chi connectivity index (χ1v) is 5.59. The summed E-state index contributed by atoms with van der Waals surface area (Å²) in [5, 5.41) is 0. The van der Waals surface area contributed by atoms with Gasteiger partial charge in [-0.3, -0.25) is 0 Å². The fourth-order valence-corrected chi connectivity index (χ4v) is 0.605. The van der Waals surface area contributed by atoms with E-state index in [1.165, 1.54) is 11.3 Å². The molecule has 0 radical (unpaired) electrons. The summed E-state index contributed by atoms with van der Waals surface area (Å²) in [5.74, 6) is 3.23. The Kier molecular flexibility index (Phi) is 3.70. The van der Waals surface area contributed by atoms with Crippen LogP contribution < -0.4 is 0 Å². The molecule has 8 heteroatoms. The fourth-order valence-electron chi connectivity index (χ4n) is 0.202. The molecule has 0 amide bonds. The lowest BCUT2D eigenvalue weighted by molar-refractivity contribution is 0.386. The molecule has 6 nitrogen and oxygen atoms in total. The maximum atomic E-state index is 10.0. The van der Waals surface area contributed by atoms with Crippen molar-refractivity contribution in [2.45, 2.75) is 0 Å². The van der Waals surface area contributed by atoms with Gasteiger partial charge in [-0.15, -0.1) is 0 Å². The Morgan fingerprint density at radius 1 is 0.750 bits per heavy atom. The third-order valence-electron chi connectivity index (χ3n) is 0.466. The zero-order valence-corrected chi connectivity index (χ0v) is 7.29. The van der Waals surface area contributed by atoms with Gasteiger partial charge in [0.25, 0.3) is 0 Å². The maximum Gasteiger partial charge on any atom is 0.401 e. The molecular weight excluding hydrogens is 206 g/mol. The first-order chi connectivity index (χ1) is 5.21. The van der Waals surface area contributed by atoms with E-state index >= 15 is 0 Å². The van der Waals surface area contributed by atoms with Gasteiger partial charge in [0.1, 0.15) is 0 Å². The molecule has 0 bridgehead atoms. The van der Waals surface area contributed by atoms with Gasteiger partial charge in [0.15, 0.2) is 0 Å². The molecule has 0 aromatic rings. The highest BCUT2D eigenvalue weighted by atomic mass is 31.2. The lowest BCUT2D eigenvalue weighted by Gasteiger charge is -1.86. The van der Waals surface area contributed by atoms with Crippen LogP contribution in [0.5, 0.6) is 0 Å². The van der Waals surface area contributed by atoms with Crippen LogP contribution in [0.3, 0.4) is 0 Å². The molecule has 0 aliphatic heterocycles. The molecule has 0 aromatic heterocycles. The van der Waals surface area contributed by atoms with Gasteiger partial charge >= 0.3 is 15.2 Å². The van der Waals surface area contributed by atoms with Crippen molar-refractivity contribution in [1.82, 2.24) is 0 Å². The van der Waals surface area contributed by atoms with Crippen LogP contribution in [0.15, 0.2) is 0 Å². The summed E-state index contributed by atoms with van der Waals surface area (Å²) in [7, 11) is -8.93. The minimum atomic E-state index is -4.46. The Morgan fingerprint density at radius 3 is 1.17 bits per heavy atom. The normalized spacial score (nSPS) is 10.7. The van der Waals surface area contributed by atoms with Crippen LogP contribution in [-0.4, -0.2) is 19.6 Å². The van der Waals surface area contributed by atoms with Crippen LogP contribution >= 0.6 is 15.2 Å². The molecule has 0 saturated carbocycles. The van der Waals surface area contributed by atoms with Crippen molar-refractivity contribution < 1.29 is 28.7 Å². The Hall–Kier alpha value is -0.580. The van der Waals surface area contributed by atoms with Crippen LogP contribution in [0.25, 0.3) is 0 Å². The molecule has 0 heterocycles. The van der Waals surface area contributed by atoms with Crippen molar-refractivity contribution in [3.63, 3.8) is 0 Å². The minimum absolute atomic E-state index is 1.39. The molecule has 12 heavy (non-hydrogen) atoms. The Bertz CT molecular complexity index is 326. The van der Waals surface area contributed by atoms with E-state index in [1.807, 2.05) is 0 Å². The monoisotopic (exact) mass is 210 g/mol. The second-order valence-corrected chi connectivity index (χ2v) is 4.18. The minimum Gasteiger partial charge on any atom is -0.315 e. The van der Waals surface area contributed by atoms with Crippen molar-refractivity contribution >= 4 is 15.2 Å². The van der Waals surface area contributed by atoms with E-state index in [9.17, 15) is 9.13 Å². The van der Waals surface area contributed by atoms with E-state index in [4.69, 9.17) is 19.6 Å². The number of hydrogen-bond donors (Lipinski definition) is 4. The Morgan fingerprint density at radius 2 is 1.00 bits per heavy atom. The highest BCUT2D eigenvalue weighted by molar-refractivity contribution is 7.57. The molecule has 4 N–H and O–H groups in total. The van der Waals surface area contributed by atoms with Crippen LogP contribution in [0.4, 0.5) is 0 Å². The molecule has 0 aliphatic carbocycles. The first-order valence-electron chi connectivity index (χ1n) is 2.36. The summed E-state index contributed by atoms with van der Waals surface area (Å²) in [6.45, 7) is 0. The van der Waals surface area contributed by atoms with Crippen molar-refractivity contribution in [2.24, 2.45) is 0 Å². The zero-order valence-electron chi connectivity index (χ0n) is 5.50. The zero-order chi connectivity index (χ0) is 9.83. The average Bonchev–Trinajstić information content (AvgIpc) is 1.76. The predicted octanol–water partition coefficient (Wildman–Crippen LogP) is -0.736. The van der Waals surface area contributed by atoms with E-state index in [0.29, 0.717) is 0 Å². The maximum absolute atomic E-state index is 10.0. The van der Waals surface area contributed by atoms with Crippen molar-refractivity contribution in [3.05, 3.63) is 0 Å². The van der Waals surface area contributed by atoms with Gasteiger partial charge in [0, 0.05) is 11.3 Å². The molecular formula is C4H4O6P2. The smallest absolute Gasteiger partial charge is 0.315 e. The summed E-state index contributed by atoms with van der Waals surface area (Å²) in [4.78, 5) is 32.5. The van der Waals surface area contributed by atoms with E-state index in [-0.39, 0.29) is 0 Å². The van der Waals surface area contributed by atoms with Crippen LogP contribution in [0.2, 0.25) is 0 Å². The molecule has 0 fully saturated rings. The van der Waals surface area contributed by atoms with Gasteiger partial charge < -0.3 is 19.6 Å². The van der Waals surface area contributed by atoms with E-state index in [0.717, 1.165) is 0 Å². The predicted molar refractivity (Wildman–Crippen MR) is 39.6 cm³/mol. The van der Waals surface area contributed by atoms with Crippen LogP contribution in [0.1, 0.15) is 0 Å². The van der Waals surface area contributed by atoms with Crippen LogP contribution in [-0.2, 0) is 9.13 Å². The van der Waals surface area contributed by atoms with Gasteiger partial charge in [0.2, 0.25) is 0 Å². The van der Waals surface area contributed by atoms with Crippen molar-refractivity contribution in [3.8, 4) is 23.2 Å². The molecule has 0 aromatic carbocycles. The topological polar surface area (TPSA) is 115 Å². The van der Waals surface area contributed by atoms with Gasteiger partial charge in [-0.05, 0) is 11.8 Å². The molecule has 0 aliphatic rings. The number of rotatable bonds is 0. The van der Waals surface area contributed by atoms with Gasteiger partial charge in [-0.1, -0.05) is 0 Å². The molecule has 0 saturated heterocycles. The Labute approximate surface area is 67.9 Å². The highest BCUT2D eigenvalue weighted by Gasteiger charge is 2.06. The largest absolute Gasteiger partial charge is 0.401 e. The summed E-state index contributed by atoms with van der Waals surface area (Å²) < 4.78 is 20.0. The second kappa shape index (κ2) is 3.89. The standard InChI is InChI=1S/C4H4O6P2/c5-11(6,7)3-1-2-4-12(8,9)10/h(H2,5,6,7)(H2,8,9,10). The Balaban J connectivity index is 4.49. The van der Waals surface area contributed by atoms with Crippen molar-refractivity contribution in [1.29, 1.82) is 0 Å². The summed E-state index contributed by atoms with van der Waals surface area (Å²) >= 11 is 0. The lowest BCUT2D eigenvalue weighted by Crippen LogP contribution is -1.70. The molecule has 0 unspecified atom stereocenters. The van der Waals surface area contributed by atoms with Gasteiger partial charge in [0.05, 0.1) is 0 Å². The number of hydrogen-bond acceptors (Lipinski definition) is 2. The quantitative estimate of drug-likeness (QED) is 0.309. The SMILES string of the molecule is O=P(O)(O)C#CC#CP(=O)(O)O. The van der Waals surface area contributed by atoms with E-state index in [1.54, 1.807) is 11.8 Å². The molecule has 0 atom stereocenters. The summed E-state index contributed by atoms with van der Waals surface area (Å²) in [6.07, 6.45) is 0.